The van der Waals surface area contributed by atoms with Crippen LogP contribution in [0.15, 0.2) is 24.3 Å². The summed E-state index contributed by atoms with van der Waals surface area (Å²) in [5.41, 5.74) is 2.76. The number of carbonyl (C=O) groups excluding carboxylic acids is 2. The summed E-state index contributed by atoms with van der Waals surface area (Å²) in [7, 11) is 0. The van der Waals surface area contributed by atoms with Gasteiger partial charge in [-0.1, -0.05) is 12.1 Å². The zero-order chi connectivity index (χ0) is 10.8. The van der Waals surface area contributed by atoms with Crippen molar-refractivity contribution in [3.05, 3.63) is 29.8 Å². The summed E-state index contributed by atoms with van der Waals surface area (Å²) in [5, 5.41) is 10.8. The molecule has 1 amide bonds. The summed E-state index contributed by atoms with van der Waals surface area (Å²) in [6.07, 6.45) is 0.255. The highest BCUT2D eigenvalue weighted by atomic mass is 16.7. The molecule has 1 heterocycles. The van der Waals surface area contributed by atoms with Crippen LogP contribution in [-0.4, -0.2) is 11.9 Å². The average molecular weight is 206 g/mol. The maximum Gasteiger partial charge on any atom is 0.345 e. The van der Waals surface area contributed by atoms with Gasteiger partial charge in [0, 0.05) is 0 Å². The van der Waals surface area contributed by atoms with Gasteiger partial charge in [-0.3, -0.25) is 9.90 Å². The van der Waals surface area contributed by atoms with E-state index >= 15 is 0 Å². The Morgan fingerprint density at radius 1 is 1.20 bits per heavy atom. The smallest absolute Gasteiger partial charge is 0.340 e. The Hall–Kier alpha value is -2.04. The van der Waals surface area contributed by atoms with Gasteiger partial charge in [0.05, 0.1) is 0 Å². The summed E-state index contributed by atoms with van der Waals surface area (Å²) in [5.74, 6) is -1.92. The highest BCUT2D eigenvalue weighted by Gasteiger charge is 2.35. The summed E-state index contributed by atoms with van der Waals surface area (Å²) >= 11 is 0. The van der Waals surface area contributed by atoms with E-state index in [0.717, 1.165) is 5.56 Å². The highest BCUT2D eigenvalue weighted by Crippen LogP contribution is 2.17. The van der Waals surface area contributed by atoms with Gasteiger partial charge in [-0.15, -0.1) is 0 Å². The Bertz CT molecular complexity index is 382. The minimum Gasteiger partial charge on any atom is -0.340 e. The van der Waals surface area contributed by atoms with Crippen LogP contribution < -0.4 is 5.48 Å². The van der Waals surface area contributed by atoms with Gasteiger partial charge in [0.2, 0.25) is 0 Å². The summed E-state index contributed by atoms with van der Waals surface area (Å²) in [6.45, 7) is 0. The molecule has 1 aromatic carbocycles. The molecule has 1 unspecified atom stereocenters. The van der Waals surface area contributed by atoms with Crippen LogP contribution in [0.1, 0.15) is 5.56 Å². The monoisotopic (exact) mass is 206 g/mol. The Morgan fingerprint density at radius 2 is 1.87 bits per heavy atom. The summed E-state index contributed by atoms with van der Waals surface area (Å²) < 4.78 is 0. The van der Waals surface area contributed by atoms with E-state index in [1.807, 2.05) is 5.48 Å². The van der Waals surface area contributed by atoms with Crippen LogP contribution in [0.2, 0.25) is 0 Å². The Morgan fingerprint density at radius 3 is 2.40 bits per heavy atom. The molecule has 1 saturated heterocycles. The first-order valence-electron chi connectivity index (χ1n) is 4.43. The van der Waals surface area contributed by atoms with Gasteiger partial charge in [-0.25, -0.2) is 4.79 Å². The predicted octanol–water partition coefficient (Wildman–Crippen LogP) is 0.577. The largest absolute Gasteiger partial charge is 0.345 e. The van der Waals surface area contributed by atoms with E-state index in [1.54, 1.807) is 12.1 Å². The lowest BCUT2D eigenvalue weighted by atomic mass is 9.99. The lowest BCUT2D eigenvalue weighted by molar-refractivity contribution is -0.146. The minimum atomic E-state index is -0.803. The van der Waals surface area contributed by atoms with Gasteiger partial charge in [-0.05, 0) is 24.1 Å². The number of hydroxylamine groups is 1. The Kier molecular flexibility index (Phi) is 2.29. The van der Waals surface area contributed by atoms with Crippen molar-refractivity contribution in [3.63, 3.8) is 0 Å². The molecule has 5 nitrogen and oxygen atoms in total. The summed E-state index contributed by atoms with van der Waals surface area (Å²) in [4.78, 5) is 26.6. The molecule has 77 valence electrons. The first-order chi connectivity index (χ1) is 7.16. The number of rotatable bonds is 2. The highest BCUT2D eigenvalue weighted by molar-refractivity contribution is 6.01. The van der Waals surface area contributed by atoms with Crippen molar-refractivity contribution < 1.29 is 19.5 Å². The van der Waals surface area contributed by atoms with E-state index in [1.165, 1.54) is 12.1 Å². The van der Waals surface area contributed by atoms with Crippen molar-refractivity contribution in [3.8, 4) is 5.75 Å². The number of benzene rings is 1. The van der Waals surface area contributed by atoms with Crippen molar-refractivity contribution >= 4 is 11.9 Å². The second-order valence-electron chi connectivity index (χ2n) is 3.29. The SMILES string of the molecule is [O]c1ccc(CC2C(=O)NOC2=O)cc1. The average Bonchev–Trinajstić information content (AvgIpc) is 2.53. The lowest BCUT2D eigenvalue weighted by Gasteiger charge is -2.02. The molecule has 15 heavy (non-hydrogen) atoms. The topological polar surface area (TPSA) is 75.3 Å². The molecule has 1 aromatic rings. The Labute approximate surface area is 85.6 Å². The van der Waals surface area contributed by atoms with Crippen LogP contribution >= 0.6 is 0 Å². The maximum atomic E-state index is 11.1. The number of amides is 1. The quantitative estimate of drug-likeness (QED) is 0.719. The van der Waals surface area contributed by atoms with Crippen LogP contribution in [0.25, 0.3) is 0 Å². The fraction of sp³-hybridized carbons (Fsp3) is 0.200. The number of nitrogens with one attached hydrogen (secondary N) is 1. The van der Waals surface area contributed by atoms with Gasteiger partial charge in [-0.2, -0.15) is 5.48 Å². The normalized spacial score (nSPS) is 19.9. The third-order valence-electron chi connectivity index (χ3n) is 2.22. The molecule has 1 radical (unpaired) electrons. The molecule has 0 bridgehead atoms. The molecule has 1 atom stereocenters. The fourth-order valence-electron chi connectivity index (χ4n) is 1.39. The van der Waals surface area contributed by atoms with Gasteiger partial charge < -0.3 is 4.84 Å². The van der Waals surface area contributed by atoms with Gasteiger partial charge in [0.25, 0.3) is 5.91 Å². The van der Waals surface area contributed by atoms with Crippen LogP contribution in [0, 0.1) is 5.92 Å². The molecular formula is C10H8NO4. The zero-order valence-electron chi connectivity index (χ0n) is 7.73. The van der Waals surface area contributed by atoms with Crippen LogP contribution in [-0.2, 0) is 26.0 Å². The molecular weight excluding hydrogens is 198 g/mol. The molecule has 1 N–H and O–H groups in total. The van der Waals surface area contributed by atoms with E-state index in [4.69, 9.17) is 0 Å². The molecule has 1 fully saturated rings. The molecule has 0 saturated carbocycles. The van der Waals surface area contributed by atoms with E-state index in [2.05, 4.69) is 4.84 Å². The summed E-state index contributed by atoms with van der Waals surface area (Å²) in [6, 6.07) is 5.99. The van der Waals surface area contributed by atoms with Crippen molar-refractivity contribution in [2.24, 2.45) is 5.92 Å². The standard InChI is InChI=1S/C10H8NO4/c12-7-3-1-6(2-4-7)5-8-9(13)11-15-10(8)14/h1-4,8H,5H2,(H,11,13). The van der Waals surface area contributed by atoms with Crippen molar-refractivity contribution in [2.45, 2.75) is 6.42 Å². The van der Waals surface area contributed by atoms with Crippen LogP contribution in [0.3, 0.4) is 0 Å². The Balaban J connectivity index is 2.11. The maximum absolute atomic E-state index is 11.1. The van der Waals surface area contributed by atoms with Crippen molar-refractivity contribution in [2.75, 3.05) is 0 Å². The van der Waals surface area contributed by atoms with E-state index in [-0.39, 0.29) is 12.2 Å². The number of hydrogen-bond acceptors (Lipinski definition) is 3. The van der Waals surface area contributed by atoms with Crippen molar-refractivity contribution in [1.82, 2.24) is 5.48 Å². The van der Waals surface area contributed by atoms with Gasteiger partial charge in [0.1, 0.15) is 5.92 Å². The fourth-order valence-corrected chi connectivity index (χ4v) is 1.39. The third kappa shape index (κ3) is 1.90. The molecule has 0 aliphatic carbocycles. The van der Waals surface area contributed by atoms with Gasteiger partial charge in [0.15, 0.2) is 5.75 Å². The molecule has 5 heteroatoms. The number of carbonyl (C=O) groups is 2. The van der Waals surface area contributed by atoms with E-state index < -0.39 is 17.8 Å². The van der Waals surface area contributed by atoms with Crippen molar-refractivity contribution in [1.29, 1.82) is 0 Å². The van der Waals surface area contributed by atoms with Gasteiger partial charge >= 0.3 is 5.97 Å². The predicted molar refractivity (Wildman–Crippen MR) is 48.0 cm³/mol. The number of hydrogen-bond donors (Lipinski definition) is 1. The van der Waals surface area contributed by atoms with Crippen LogP contribution in [0.5, 0.6) is 5.75 Å². The first-order valence-corrected chi connectivity index (χ1v) is 4.43. The molecule has 2 rings (SSSR count). The van der Waals surface area contributed by atoms with E-state index in [9.17, 15) is 14.7 Å². The molecule has 1 aliphatic heterocycles. The first kappa shape index (κ1) is 9.51. The zero-order valence-corrected chi connectivity index (χ0v) is 7.73. The molecule has 1 aliphatic rings. The molecule has 0 spiro atoms. The second kappa shape index (κ2) is 3.61. The van der Waals surface area contributed by atoms with Crippen LogP contribution in [0.4, 0.5) is 0 Å². The van der Waals surface area contributed by atoms with E-state index in [0.29, 0.717) is 0 Å². The third-order valence-corrected chi connectivity index (χ3v) is 2.22. The molecule has 0 aromatic heterocycles. The second-order valence-corrected chi connectivity index (χ2v) is 3.29. The lowest BCUT2D eigenvalue weighted by Crippen LogP contribution is -2.21. The minimum absolute atomic E-state index is 0.0998.